The van der Waals surface area contributed by atoms with E-state index in [9.17, 15) is 9.59 Å². The maximum absolute atomic E-state index is 12.8. The first-order valence-electron chi connectivity index (χ1n) is 10.8. The average molecular weight is 446 g/mol. The number of aryl methyl sites for hydroxylation is 3. The number of imidazole rings is 1. The summed E-state index contributed by atoms with van der Waals surface area (Å²) < 4.78 is 8.69. The van der Waals surface area contributed by atoms with Crippen molar-refractivity contribution in [1.82, 2.24) is 24.4 Å². The Morgan fingerprint density at radius 1 is 1.15 bits per heavy atom. The quantitative estimate of drug-likeness (QED) is 0.450. The number of nitrogens with one attached hydrogen (secondary N) is 1. The number of aromatic nitrogens is 4. The van der Waals surface area contributed by atoms with Crippen molar-refractivity contribution in [3.05, 3.63) is 88.5 Å². The minimum absolute atomic E-state index is 0.0896. The molecule has 8 nitrogen and oxygen atoms in total. The molecule has 0 aliphatic rings. The second-order valence-electron chi connectivity index (χ2n) is 7.99. The normalized spacial score (nSPS) is 12.0. The van der Waals surface area contributed by atoms with E-state index < -0.39 is 6.04 Å². The van der Waals surface area contributed by atoms with Crippen LogP contribution in [0.1, 0.15) is 35.8 Å². The van der Waals surface area contributed by atoms with E-state index in [1.165, 1.54) is 0 Å². The fourth-order valence-corrected chi connectivity index (χ4v) is 3.89. The van der Waals surface area contributed by atoms with Crippen molar-refractivity contribution in [2.45, 2.75) is 32.4 Å². The molecule has 2 aromatic carbocycles. The van der Waals surface area contributed by atoms with Gasteiger partial charge in [0.25, 0.3) is 5.56 Å². The van der Waals surface area contributed by atoms with E-state index in [0.717, 1.165) is 22.7 Å². The number of hydrogen-bond donors (Lipinski definition) is 1. The van der Waals surface area contributed by atoms with Crippen molar-refractivity contribution < 1.29 is 9.53 Å². The highest BCUT2D eigenvalue weighted by atomic mass is 16.5. The Balaban J connectivity index is 1.45. The van der Waals surface area contributed by atoms with Crippen LogP contribution in [0.3, 0.4) is 0 Å². The van der Waals surface area contributed by atoms with Crippen molar-refractivity contribution in [2.75, 3.05) is 7.11 Å². The SMILES string of the molecule is COc1ccc([C@@H](NC(=O)CCCn2cnc3c(C)cccc3c2=O)c2nccn2C)cc1. The Morgan fingerprint density at radius 2 is 1.94 bits per heavy atom. The molecule has 2 aromatic heterocycles. The van der Waals surface area contributed by atoms with Gasteiger partial charge in [0.15, 0.2) is 0 Å². The molecule has 2 heterocycles. The topological polar surface area (TPSA) is 91.0 Å². The first kappa shape index (κ1) is 22.3. The van der Waals surface area contributed by atoms with E-state index in [1.807, 2.05) is 61.1 Å². The standard InChI is InChI=1S/C25H27N5O3/c1-17-6-4-7-20-22(17)27-16-30(25(20)32)14-5-8-21(31)28-23(24-26-13-15-29(24)2)18-9-11-19(33-3)12-10-18/h4,6-7,9-13,15-16,23H,5,8,14H2,1-3H3,(H,28,31)/t23-/m1/s1. The second kappa shape index (κ2) is 9.68. The average Bonchev–Trinajstić information content (AvgIpc) is 3.25. The molecule has 4 rings (SSSR count). The summed E-state index contributed by atoms with van der Waals surface area (Å²) in [6.45, 7) is 2.35. The van der Waals surface area contributed by atoms with E-state index in [2.05, 4.69) is 15.3 Å². The van der Waals surface area contributed by atoms with E-state index in [-0.39, 0.29) is 17.9 Å². The molecule has 1 amide bonds. The first-order valence-corrected chi connectivity index (χ1v) is 10.8. The summed E-state index contributed by atoms with van der Waals surface area (Å²) in [6.07, 6.45) is 5.90. The highest BCUT2D eigenvalue weighted by Gasteiger charge is 2.20. The number of methoxy groups -OCH3 is 1. The fraction of sp³-hybridized carbons (Fsp3) is 0.280. The Morgan fingerprint density at radius 3 is 2.64 bits per heavy atom. The van der Waals surface area contributed by atoms with Gasteiger partial charge >= 0.3 is 0 Å². The number of fused-ring (bicyclic) bond motifs is 1. The Bertz CT molecular complexity index is 1320. The molecule has 1 atom stereocenters. The number of nitrogens with zero attached hydrogens (tertiary/aromatic N) is 4. The molecule has 0 fully saturated rings. The van der Waals surface area contributed by atoms with Gasteiger partial charge in [0.1, 0.15) is 17.6 Å². The van der Waals surface area contributed by atoms with Crippen molar-refractivity contribution >= 4 is 16.8 Å². The van der Waals surface area contributed by atoms with Crippen LogP contribution in [0.4, 0.5) is 0 Å². The smallest absolute Gasteiger partial charge is 0.261 e. The molecule has 0 radical (unpaired) electrons. The molecular formula is C25H27N5O3. The molecule has 0 unspecified atom stereocenters. The van der Waals surface area contributed by atoms with Gasteiger partial charge in [0.05, 0.1) is 24.3 Å². The van der Waals surface area contributed by atoms with Crippen LogP contribution in [0, 0.1) is 6.92 Å². The van der Waals surface area contributed by atoms with Crippen LogP contribution in [0.2, 0.25) is 0 Å². The minimum atomic E-state index is -0.392. The summed E-state index contributed by atoms with van der Waals surface area (Å²) in [4.78, 5) is 34.4. The Kier molecular flexibility index (Phi) is 6.53. The lowest BCUT2D eigenvalue weighted by atomic mass is 10.1. The number of ether oxygens (including phenoxy) is 1. The fourth-order valence-electron chi connectivity index (χ4n) is 3.89. The maximum Gasteiger partial charge on any atom is 0.261 e. The van der Waals surface area contributed by atoms with Gasteiger partial charge in [-0.2, -0.15) is 0 Å². The van der Waals surface area contributed by atoms with Crippen LogP contribution in [-0.2, 0) is 18.4 Å². The van der Waals surface area contributed by atoms with Crippen molar-refractivity contribution in [2.24, 2.45) is 7.05 Å². The minimum Gasteiger partial charge on any atom is -0.497 e. The molecule has 0 aliphatic heterocycles. The van der Waals surface area contributed by atoms with Gasteiger partial charge in [-0.05, 0) is 42.7 Å². The molecule has 8 heteroatoms. The van der Waals surface area contributed by atoms with Crippen LogP contribution in [0.25, 0.3) is 10.9 Å². The summed E-state index contributed by atoms with van der Waals surface area (Å²) in [6, 6.07) is 12.7. The van der Waals surface area contributed by atoms with Crippen molar-refractivity contribution in [3.63, 3.8) is 0 Å². The highest BCUT2D eigenvalue weighted by Crippen LogP contribution is 2.23. The zero-order chi connectivity index (χ0) is 23.4. The molecule has 0 spiro atoms. The molecule has 4 aromatic rings. The van der Waals surface area contributed by atoms with Gasteiger partial charge in [0, 0.05) is 32.4 Å². The van der Waals surface area contributed by atoms with E-state index in [4.69, 9.17) is 4.74 Å². The molecule has 0 saturated carbocycles. The van der Waals surface area contributed by atoms with E-state index >= 15 is 0 Å². The number of para-hydroxylation sites is 1. The number of rotatable bonds is 8. The van der Waals surface area contributed by atoms with Crippen LogP contribution in [-0.4, -0.2) is 32.1 Å². The zero-order valence-electron chi connectivity index (χ0n) is 19.0. The number of carbonyl (C=O) groups is 1. The largest absolute Gasteiger partial charge is 0.497 e. The lowest BCUT2D eigenvalue weighted by Crippen LogP contribution is -2.31. The zero-order valence-corrected chi connectivity index (χ0v) is 19.0. The first-order chi connectivity index (χ1) is 16.0. The third kappa shape index (κ3) is 4.79. The van der Waals surface area contributed by atoms with Gasteiger partial charge in [-0.25, -0.2) is 9.97 Å². The molecule has 33 heavy (non-hydrogen) atoms. The molecule has 0 bridgehead atoms. The lowest BCUT2D eigenvalue weighted by molar-refractivity contribution is -0.121. The summed E-state index contributed by atoms with van der Waals surface area (Å²) in [7, 11) is 3.51. The highest BCUT2D eigenvalue weighted by molar-refractivity contribution is 5.80. The van der Waals surface area contributed by atoms with Crippen molar-refractivity contribution in [3.8, 4) is 5.75 Å². The molecular weight excluding hydrogens is 418 g/mol. The third-order valence-corrected chi connectivity index (χ3v) is 5.73. The third-order valence-electron chi connectivity index (χ3n) is 5.73. The van der Waals surface area contributed by atoms with Gasteiger partial charge < -0.3 is 14.6 Å². The van der Waals surface area contributed by atoms with Crippen LogP contribution in [0.5, 0.6) is 5.75 Å². The molecule has 0 saturated heterocycles. The molecule has 170 valence electrons. The van der Waals surface area contributed by atoms with Crippen LogP contribution in [0.15, 0.2) is 66.0 Å². The Labute approximate surface area is 191 Å². The maximum atomic E-state index is 12.8. The predicted octanol–water partition coefficient (Wildman–Crippen LogP) is 3.13. The van der Waals surface area contributed by atoms with Gasteiger partial charge in [0.2, 0.25) is 5.91 Å². The number of benzene rings is 2. The van der Waals surface area contributed by atoms with Gasteiger partial charge in [-0.3, -0.25) is 14.2 Å². The van der Waals surface area contributed by atoms with Gasteiger partial charge in [-0.1, -0.05) is 24.3 Å². The number of carbonyl (C=O) groups excluding carboxylic acids is 1. The van der Waals surface area contributed by atoms with E-state index in [0.29, 0.717) is 23.9 Å². The van der Waals surface area contributed by atoms with Crippen LogP contribution < -0.4 is 15.6 Å². The summed E-state index contributed by atoms with van der Waals surface area (Å²) in [5, 5.41) is 3.68. The van der Waals surface area contributed by atoms with E-state index in [1.54, 1.807) is 30.3 Å². The van der Waals surface area contributed by atoms with Gasteiger partial charge in [-0.15, -0.1) is 0 Å². The second-order valence-corrected chi connectivity index (χ2v) is 7.99. The summed E-state index contributed by atoms with van der Waals surface area (Å²) >= 11 is 0. The summed E-state index contributed by atoms with van der Waals surface area (Å²) in [5.74, 6) is 1.36. The number of hydrogen-bond acceptors (Lipinski definition) is 5. The molecule has 0 aliphatic carbocycles. The number of amides is 1. The van der Waals surface area contributed by atoms with Crippen molar-refractivity contribution in [1.29, 1.82) is 0 Å². The lowest BCUT2D eigenvalue weighted by Gasteiger charge is -2.19. The monoisotopic (exact) mass is 445 g/mol. The Hall–Kier alpha value is -3.94. The predicted molar refractivity (Wildman–Crippen MR) is 126 cm³/mol. The summed E-state index contributed by atoms with van der Waals surface area (Å²) in [5.41, 5.74) is 2.50. The van der Waals surface area contributed by atoms with Crippen LogP contribution >= 0.6 is 0 Å². The molecule has 1 N–H and O–H groups in total.